The maximum atomic E-state index is 11.3. The molecule has 0 fully saturated rings. The van der Waals surface area contributed by atoms with Gasteiger partial charge in [0.1, 0.15) is 5.75 Å². The number of hydrogen-bond acceptors (Lipinski definition) is 3. The largest absolute Gasteiger partial charge is 0.507 e. The molecule has 1 aromatic carbocycles. The van der Waals surface area contributed by atoms with Crippen LogP contribution in [0.15, 0.2) is 30.9 Å². The van der Waals surface area contributed by atoms with Crippen LogP contribution >= 0.6 is 0 Å². The molecule has 0 spiro atoms. The van der Waals surface area contributed by atoms with Crippen LogP contribution in [0.1, 0.15) is 38.1 Å². The topological polar surface area (TPSA) is 40.5 Å². The first-order chi connectivity index (χ1) is 8.27. The Labute approximate surface area is 109 Å². The molecular formula is C15H21NO2. The van der Waals surface area contributed by atoms with E-state index in [0.717, 1.165) is 5.69 Å². The Morgan fingerprint density at radius 1 is 1.44 bits per heavy atom. The van der Waals surface area contributed by atoms with Gasteiger partial charge in [-0.15, -0.1) is 6.58 Å². The van der Waals surface area contributed by atoms with Gasteiger partial charge in [0.15, 0.2) is 5.78 Å². The van der Waals surface area contributed by atoms with Crippen LogP contribution in [0.3, 0.4) is 0 Å². The van der Waals surface area contributed by atoms with Crippen LogP contribution in [0.2, 0.25) is 0 Å². The Bertz CT molecular complexity index is 458. The van der Waals surface area contributed by atoms with E-state index >= 15 is 0 Å². The fourth-order valence-corrected chi connectivity index (χ4v) is 1.88. The number of carbonyl (C=O) groups is 1. The fraction of sp³-hybridized carbons (Fsp3) is 0.400. The highest BCUT2D eigenvalue weighted by Gasteiger charge is 2.21. The molecule has 0 bridgehead atoms. The van der Waals surface area contributed by atoms with Crippen molar-refractivity contribution in [3.8, 4) is 5.75 Å². The molecule has 98 valence electrons. The summed E-state index contributed by atoms with van der Waals surface area (Å²) in [6, 6.07) is 5.14. The van der Waals surface area contributed by atoms with E-state index < -0.39 is 0 Å². The van der Waals surface area contributed by atoms with Gasteiger partial charge in [-0.1, -0.05) is 6.08 Å². The molecule has 0 saturated carbocycles. The summed E-state index contributed by atoms with van der Waals surface area (Å²) in [5.41, 5.74) is 1.15. The molecule has 0 heterocycles. The number of Topliss-reactive ketones (excluding diaryl/α,β-unsaturated/α-hetero) is 1. The lowest BCUT2D eigenvalue weighted by Crippen LogP contribution is -2.41. The minimum atomic E-state index is -0.134. The predicted octanol–water partition coefficient (Wildman–Crippen LogP) is 3.39. The number of hydrogen-bond donors (Lipinski definition) is 1. The minimum absolute atomic E-state index is 0.0262. The number of phenols is 1. The number of ketones is 1. The SMILES string of the molecule is C=CCN(c1ccc(C(C)=O)c(O)c1)C(C)(C)C. The normalized spacial score (nSPS) is 11.1. The van der Waals surface area contributed by atoms with Crippen LogP contribution in [0.4, 0.5) is 5.69 Å². The quantitative estimate of drug-likeness (QED) is 0.655. The zero-order valence-electron chi connectivity index (χ0n) is 11.5. The lowest BCUT2D eigenvalue weighted by Gasteiger charge is -2.37. The number of benzene rings is 1. The van der Waals surface area contributed by atoms with Gasteiger partial charge in [0.25, 0.3) is 0 Å². The molecule has 0 aliphatic heterocycles. The Morgan fingerprint density at radius 3 is 2.44 bits per heavy atom. The summed E-state index contributed by atoms with van der Waals surface area (Å²) >= 11 is 0. The standard InChI is InChI=1S/C15H21NO2/c1-6-9-16(15(3,4)5)12-7-8-13(11(2)17)14(18)10-12/h6-8,10,18H,1,9H2,2-5H3. The van der Waals surface area contributed by atoms with Crippen molar-refractivity contribution in [3.63, 3.8) is 0 Å². The molecule has 0 radical (unpaired) electrons. The second-order valence-electron chi connectivity index (χ2n) is 5.33. The average molecular weight is 247 g/mol. The molecule has 0 unspecified atom stereocenters. The number of carbonyl (C=O) groups excluding carboxylic acids is 1. The van der Waals surface area contributed by atoms with E-state index in [2.05, 4.69) is 32.3 Å². The number of rotatable bonds is 4. The third-order valence-electron chi connectivity index (χ3n) is 2.79. The van der Waals surface area contributed by atoms with Crippen molar-refractivity contribution in [2.45, 2.75) is 33.2 Å². The molecular weight excluding hydrogens is 226 g/mol. The monoisotopic (exact) mass is 247 g/mol. The summed E-state index contributed by atoms with van der Waals surface area (Å²) in [5.74, 6) is -0.108. The second-order valence-corrected chi connectivity index (χ2v) is 5.33. The molecule has 0 aromatic heterocycles. The summed E-state index contributed by atoms with van der Waals surface area (Å²) in [6.45, 7) is 12.1. The molecule has 1 rings (SSSR count). The summed E-state index contributed by atoms with van der Waals surface area (Å²) in [7, 11) is 0. The highest BCUT2D eigenvalue weighted by Crippen LogP contribution is 2.29. The molecule has 0 saturated heterocycles. The zero-order chi connectivity index (χ0) is 13.9. The van der Waals surface area contributed by atoms with Crippen molar-refractivity contribution >= 4 is 11.5 Å². The van der Waals surface area contributed by atoms with E-state index in [1.165, 1.54) is 6.92 Å². The molecule has 18 heavy (non-hydrogen) atoms. The molecule has 3 nitrogen and oxygen atoms in total. The summed E-state index contributed by atoms with van der Waals surface area (Å²) in [5, 5.41) is 9.87. The van der Waals surface area contributed by atoms with Crippen molar-refractivity contribution < 1.29 is 9.90 Å². The Hall–Kier alpha value is -1.77. The Morgan fingerprint density at radius 2 is 2.06 bits per heavy atom. The number of phenolic OH excluding ortho intramolecular Hbond substituents is 1. The van der Waals surface area contributed by atoms with E-state index in [0.29, 0.717) is 12.1 Å². The van der Waals surface area contributed by atoms with E-state index in [4.69, 9.17) is 0 Å². The van der Waals surface area contributed by atoms with Crippen LogP contribution in [0, 0.1) is 0 Å². The second kappa shape index (κ2) is 5.25. The van der Waals surface area contributed by atoms with Gasteiger partial charge in [-0.3, -0.25) is 4.79 Å². The van der Waals surface area contributed by atoms with Crippen molar-refractivity contribution in [2.75, 3.05) is 11.4 Å². The molecule has 3 heteroatoms. The molecule has 0 atom stereocenters. The van der Waals surface area contributed by atoms with Crippen LogP contribution in [0.5, 0.6) is 5.75 Å². The zero-order valence-corrected chi connectivity index (χ0v) is 11.5. The summed E-state index contributed by atoms with van der Waals surface area (Å²) in [4.78, 5) is 13.4. The smallest absolute Gasteiger partial charge is 0.163 e. The van der Waals surface area contributed by atoms with E-state index in [1.807, 2.05) is 12.1 Å². The predicted molar refractivity (Wildman–Crippen MR) is 75.4 cm³/mol. The number of anilines is 1. The van der Waals surface area contributed by atoms with E-state index in [9.17, 15) is 9.90 Å². The van der Waals surface area contributed by atoms with Crippen LogP contribution in [0.25, 0.3) is 0 Å². The maximum absolute atomic E-state index is 11.3. The lowest BCUT2D eigenvalue weighted by atomic mass is 10.0. The Balaban J connectivity index is 3.19. The van der Waals surface area contributed by atoms with Gasteiger partial charge in [0, 0.05) is 23.8 Å². The average Bonchev–Trinajstić information content (AvgIpc) is 2.23. The lowest BCUT2D eigenvalue weighted by molar-refractivity contribution is 0.101. The summed E-state index contributed by atoms with van der Waals surface area (Å²) in [6.07, 6.45) is 1.82. The third kappa shape index (κ3) is 3.13. The minimum Gasteiger partial charge on any atom is -0.507 e. The van der Waals surface area contributed by atoms with Gasteiger partial charge in [0.2, 0.25) is 0 Å². The Kier molecular flexibility index (Phi) is 4.17. The van der Waals surface area contributed by atoms with E-state index in [1.54, 1.807) is 12.1 Å². The fourth-order valence-electron chi connectivity index (χ4n) is 1.88. The maximum Gasteiger partial charge on any atom is 0.163 e. The first kappa shape index (κ1) is 14.3. The van der Waals surface area contributed by atoms with Gasteiger partial charge < -0.3 is 10.0 Å². The van der Waals surface area contributed by atoms with Gasteiger partial charge >= 0.3 is 0 Å². The molecule has 0 aliphatic carbocycles. The number of nitrogens with zero attached hydrogens (tertiary/aromatic N) is 1. The molecule has 1 aromatic rings. The highest BCUT2D eigenvalue weighted by atomic mass is 16.3. The van der Waals surface area contributed by atoms with Crippen LogP contribution in [-0.4, -0.2) is 23.0 Å². The summed E-state index contributed by atoms with van der Waals surface area (Å²) < 4.78 is 0. The van der Waals surface area contributed by atoms with Gasteiger partial charge in [-0.2, -0.15) is 0 Å². The van der Waals surface area contributed by atoms with Crippen molar-refractivity contribution in [1.82, 2.24) is 0 Å². The van der Waals surface area contributed by atoms with E-state index in [-0.39, 0.29) is 17.1 Å². The van der Waals surface area contributed by atoms with Gasteiger partial charge in [-0.05, 0) is 39.8 Å². The first-order valence-electron chi connectivity index (χ1n) is 6.00. The molecule has 1 N–H and O–H groups in total. The van der Waals surface area contributed by atoms with Crippen molar-refractivity contribution in [2.24, 2.45) is 0 Å². The van der Waals surface area contributed by atoms with Crippen LogP contribution in [-0.2, 0) is 0 Å². The van der Waals surface area contributed by atoms with Crippen LogP contribution < -0.4 is 4.90 Å². The van der Waals surface area contributed by atoms with Gasteiger partial charge in [-0.25, -0.2) is 0 Å². The van der Waals surface area contributed by atoms with Crippen molar-refractivity contribution in [3.05, 3.63) is 36.4 Å². The molecule has 0 aliphatic rings. The first-order valence-corrected chi connectivity index (χ1v) is 6.00. The number of aromatic hydroxyl groups is 1. The van der Waals surface area contributed by atoms with Crippen molar-refractivity contribution in [1.29, 1.82) is 0 Å². The third-order valence-corrected chi connectivity index (χ3v) is 2.79. The highest BCUT2D eigenvalue weighted by molar-refractivity contribution is 5.97. The molecule has 0 amide bonds. The van der Waals surface area contributed by atoms with Gasteiger partial charge in [0.05, 0.1) is 5.56 Å².